The summed E-state index contributed by atoms with van der Waals surface area (Å²) >= 11 is 0. The van der Waals surface area contributed by atoms with Gasteiger partial charge in [0.1, 0.15) is 11.3 Å². The molecule has 0 aliphatic carbocycles. The Labute approximate surface area is 103 Å². The highest BCUT2D eigenvalue weighted by Crippen LogP contribution is 2.33. The first-order valence-electron chi connectivity index (χ1n) is 5.55. The van der Waals surface area contributed by atoms with Gasteiger partial charge in [0.25, 0.3) is 0 Å². The van der Waals surface area contributed by atoms with Crippen LogP contribution >= 0.6 is 0 Å². The van der Waals surface area contributed by atoms with Gasteiger partial charge >= 0.3 is 5.97 Å². The Bertz CT molecular complexity index is 775. The first-order chi connectivity index (χ1) is 8.68. The van der Waals surface area contributed by atoms with Crippen LogP contribution in [0, 0.1) is 0 Å². The van der Waals surface area contributed by atoms with Gasteiger partial charge in [0.05, 0.1) is 0 Å². The number of carboxylic acid groups (broad SMARTS) is 1. The molecule has 0 bridgehead atoms. The zero-order valence-corrected chi connectivity index (χ0v) is 9.42. The molecule has 3 nitrogen and oxygen atoms in total. The van der Waals surface area contributed by atoms with Gasteiger partial charge in [-0.25, -0.2) is 4.79 Å². The van der Waals surface area contributed by atoms with Crippen LogP contribution in [-0.4, -0.2) is 16.2 Å². The van der Waals surface area contributed by atoms with Crippen LogP contribution < -0.4 is 0 Å². The largest absolute Gasteiger partial charge is 0.506 e. The minimum Gasteiger partial charge on any atom is -0.506 e. The van der Waals surface area contributed by atoms with Crippen LogP contribution in [0.5, 0.6) is 5.75 Å². The van der Waals surface area contributed by atoms with Crippen LogP contribution in [0.4, 0.5) is 0 Å². The fourth-order valence-corrected chi connectivity index (χ4v) is 2.24. The summed E-state index contributed by atoms with van der Waals surface area (Å²) in [7, 11) is 0. The highest BCUT2D eigenvalue weighted by Gasteiger charge is 2.13. The molecule has 18 heavy (non-hydrogen) atoms. The van der Waals surface area contributed by atoms with Gasteiger partial charge in [-0.2, -0.15) is 0 Å². The van der Waals surface area contributed by atoms with E-state index >= 15 is 0 Å². The number of rotatable bonds is 1. The number of benzene rings is 3. The van der Waals surface area contributed by atoms with Gasteiger partial charge in [0.2, 0.25) is 0 Å². The molecule has 0 fully saturated rings. The average molecular weight is 238 g/mol. The van der Waals surface area contributed by atoms with Gasteiger partial charge in [-0.1, -0.05) is 36.4 Å². The number of phenols is 1. The van der Waals surface area contributed by atoms with E-state index in [9.17, 15) is 9.90 Å². The number of carbonyl (C=O) groups is 1. The maximum absolute atomic E-state index is 11.0. The molecular formula is C15H10O3. The van der Waals surface area contributed by atoms with Crippen LogP contribution in [0.25, 0.3) is 21.5 Å². The highest BCUT2D eigenvalue weighted by molar-refractivity contribution is 6.11. The summed E-state index contributed by atoms with van der Waals surface area (Å²) in [5, 5.41) is 22.5. The van der Waals surface area contributed by atoms with Crippen LogP contribution in [-0.2, 0) is 0 Å². The standard InChI is InChI=1S/C15H10O3/c16-14-12-6-5-9-3-1-2-4-10(9)11(12)7-8-13(14)15(17)18/h1-8,16H,(H,17,18). The highest BCUT2D eigenvalue weighted by atomic mass is 16.4. The second-order valence-corrected chi connectivity index (χ2v) is 4.15. The predicted molar refractivity (Wildman–Crippen MR) is 70.1 cm³/mol. The molecule has 2 N–H and O–H groups in total. The summed E-state index contributed by atoms with van der Waals surface area (Å²) in [4.78, 5) is 11.0. The van der Waals surface area contributed by atoms with E-state index in [0.717, 1.165) is 16.2 Å². The van der Waals surface area contributed by atoms with Gasteiger partial charge in [0.15, 0.2) is 0 Å². The molecule has 0 saturated heterocycles. The van der Waals surface area contributed by atoms with Gasteiger partial charge in [0, 0.05) is 5.39 Å². The zero-order valence-electron chi connectivity index (χ0n) is 9.42. The fraction of sp³-hybridized carbons (Fsp3) is 0. The van der Waals surface area contributed by atoms with E-state index in [1.54, 1.807) is 12.1 Å². The normalized spacial score (nSPS) is 10.9. The average Bonchev–Trinajstić information content (AvgIpc) is 2.38. The lowest BCUT2D eigenvalue weighted by atomic mass is 9.99. The summed E-state index contributed by atoms with van der Waals surface area (Å²) in [6.07, 6.45) is 0. The van der Waals surface area contributed by atoms with Crippen molar-refractivity contribution in [2.75, 3.05) is 0 Å². The van der Waals surface area contributed by atoms with E-state index in [2.05, 4.69) is 0 Å². The van der Waals surface area contributed by atoms with Crippen molar-refractivity contribution in [3.63, 3.8) is 0 Å². The van der Waals surface area contributed by atoms with E-state index in [0.29, 0.717) is 5.39 Å². The summed E-state index contributed by atoms with van der Waals surface area (Å²) in [6, 6.07) is 14.6. The first kappa shape index (κ1) is 10.6. The van der Waals surface area contributed by atoms with Crippen molar-refractivity contribution in [1.29, 1.82) is 0 Å². The molecule has 0 aliphatic heterocycles. The second-order valence-electron chi connectivity index (χ2n) is 4.15. The summed E-state index contributed by atoms with van der Waals surface area (Å²) in [6.45, 7) is 0. The molecule has 0 unspecified atom stereocenters. The molecule has 0 aliphatic rings. The molecule has 0 amide bonds. The molecule has 0 aromatic heterocycles. The topological polar surface area (TPSA) is 57.5 Å². The lowest BCUT2D eigenvalue weighted by Crippen LogP contribution is -1.96. The first-order valence-corrected chi connectivity index (χ1v) is 5.55. The summed E-state index contributed by atoms with van der Waals surface area (Å²) in [5.41, 5.74) is -0.0715. The Morgan fingerprint density at radius 3 is 2.33 bits per heavy atom. The van der Waals surface area contributed by atoms with E-state index in [-0.39, 0.29) is 11.3 Å². The van der Waals surface area contributed by atoms with Crippen LogP contribution in [0.15, 0.2) is 48.5 Å². The predicted octanol–water partition coefficient (Wildman–Crippen LogP) is 3.40. The molecule has 0 radical (unpaired) electrons. The van der Waals surface area contributed by atoms with E-state index in [1.165, 1.54) is 6.07 Å². The fourth-order valence-electron chi connectivity index (χ4n) is 2.24. The number of aromatic carboxylic acids is 1. The molecule has 88 valence electrons. The Kier molecular flexibility index (Phi) is 2.20. The second kappa shape index (κ2) is 3.74. The zero-order chi connectivity index (χ0) is 12.7. The van der Waals surface area contributed by atoms with E-state index < -0.39 is 5.97 Å². The third kappa shape index (κ3) is 1.41. The smallest absolute Gasteiger partial charge is 0.339 e. The summed E-state index contributed by atoms with van der Waals surface area (Å²) in [5.74, 6) is -1.30. The Morgan fingerprint density at radius 1 is 0.833 bits per heavy atom. The number of carboxylic acids is 1. The van der Waals surface area contributed by atoms with Gasteiger partial charge < -0.3 is 10.2 Å². The van der Waals surface area contributed by atoms with Gasteiger partial charge in [-0.3, -0.25) is 0 Å². The molecule has 0 heterocycles. The van der Waals surface area contributed by atoms with Gasteiger partial charge in [-0.15, -0.1) is 0 Å². The van der Waals surface area contributed by atoms with E-state index in [4.69, 9.17) is 5.11 Å². The third-order valence-electron chi connectivity index (χ3n) is 3.13. The molecular weight excluding hydrogens is 228 g/mol. The Morgan fingerprint density at radius 2 is 1.56 bits per heavy atom. The maximum atomic E-state index is 11.0. The van der Waals surface area contributed by atoms with Crippen LogP contribution in [0.2, 0.25) is 0 Å². The van der Waals surface area contributed by atoms with E-state index in [1.807, 2.05) is 30.3 Å². The van der Waals surface area contributed by atoms with Crippen molar-refractivity contribution >= 4 is 27.5 Å². The number of hydrogen-bond donors (Lipinski definition) is 2. The molecule has 3 aromatic carbocycles. The number of hydrogen-bond acceptors (Lipinski definition) is 2. The molecule has 0 saturated carbocycles. The summed E-state index contributed by atoms with van der Waals surface area (Å²) < 4.78 is 0. The monoisotopic (exact) mass is 238 g/mol. The van der Waals surface area contributed by atoms with Crippen LogP contribution in [0.3, 0.4) is 0 Å². The Balaban J connectivity index is 2.48. The van der Waals surface area contributed by atoms with Crippen LogP contribution in [0.1, 0.15) is 10.4 Å². The molecule has 0 spiro atoms. The number of fused-ring (bicyclic) bond motifs is 3. The third-order valence-corrected chi connectivity index (χ3v) is 3.13. The molecule has 0 atom stereocenters. The lowest BCUT2D eigenvalue weighted by Gasteiger charge is -2.07. The minimum atomic E-state index is -1.12. The van der Waals surface area contributed by atoms with Crippen molar-refractivity contribution in [2.45, 2.75) is 0 Å². The minimum absolute atomic E-state index is 0.0715. The van der Waals surface area contributed by atoms with Crippen molar-refractivity contribution in [3.05, 3.63) is 54.1 Å². The SMILES string of the molecule is O=C(O)c1ccc2c(ccc3ccccc32)c1O. The molecule has 3 rings (SSSR count). The van der Waals surface area contributed by atoms with Crippen molar-refractivity contribution in [2.24, 2.45) is 0 Å². The number of aromatic hydroxyl groups is 1. The van der Waals surface area contributed by atoms with Crippen molar-refractivity contribution in [1.82, 2.24) is 0 Å². The molecule has 3 aromatic rings. The van der Waals surface area contributed by atoms with Crippen molar-refractivity contribution in [3.8, 4) is 5.75 Å². The quantitative estimate of drug-likeness (QED) is 0.639. The van der Waals surface area contributed by atoms with Crippen molar-refractivity contribution < 1.29 is 15.0 Å². The lowest BCUT2D eigenvalue weighted by molar-refractivity contribution is 0.0694. The van der Waals surface area contributed by atoms with Gasteiger partial charge in [-0.05, 0) is 28.3 Å². The Hall–Kier alpha value is -2.55. The molecule has 3 heteroatoms. The maximum Gasteiger partial charge on any atom is 0.339 e.